The van der Waals surface area contributed by atoms with E-state index < -0.39 is 23.2 Å². The predicted molar refractivity (Wildman–Crippen MR) is 73.2 cm³/mol. The van der Waals surface area contributed by atoms with Crippen LogP contribution in [0.2, 0.25) is 0 Å². The Morgan fingerprint density at radius 2 is 1.71 bits per heavy atom. The highest BCUT2D eigenvalue weighted by molar-refractivity contribution is 5.40. The van der Waals surface area contributed by atoms with Crippen LogP contribution >= 0.6 is 0 Å². The second kappa shape index (κ2) is 4.94. The van der Waals surface area contributed by atoms with Crippen LogP contribution in [0.3, 0.4) is 0 Å². The minimum absolute atomic E-state index is 0.163. The molecule has 0 radical (unpaired) electrons. The second-order valence-electron chi connectivity index (χ2n) is 5.46. The Bertz CT molecular complexity index is 711. The molecule has 1 aliphatic rings. The third-order valence-electron chi connectivity index (χ3n) is 4.13. The number of nitrogens with zero attached hydrogens (tertiary/aromatic N) is 1. The molecule has 1 unspecified atom stereocenters. The smallest absolute Gasteiger partial charge is 0.129 e. The van der Waals surface area contributed by atoms with E-state index in [1.54, 1.807) is 0 Å². The van der Waals surface area contributed by atoms with Gasteiger partial charge >= 0.3 is 0 Å². The summed E-state index contributed by atoms with van der Waals surface area (Å²) in [7, 11) is 0. The molecule has 0 spiro atoms. The predicted octanol–water partition coefficient (Wildman–Crippen LogP) is 3.31. The maximum absolute atomic E-state index is 13.9. The van der Waals surface area contributed by atoms with Gasteiger partial charge in [-0.3, -0.25) is 0 Å². The third kappa shape index (κ3) is 2.20. The van der Waals surface area contributed by atoms with Gasteiger partial charge in [0, 0.05) is 5.56 Å². The van der Waals surface area contributed by atoms with Crippen molar-refractivity contribution in [3.63, 3.8) is 0 Å². The van der Waals surface area contributed by atoms with Gasteiger partial charge < -0.3 is 5.11 Å². The minimum atomic E-state index is -1.37. The van der Waals surface area contributed by atoms with E-state index in [1.807, 2.05) is 24.3 Å². The summed E-state index contributed by atoms with van der Waals surface area (Å²) in [5, 5.41) is 20.1. The topological polar surface area (TPSA) is 44.0 Å². The fourth-order valence-electron chi connectivity index (χ4n) is 3.00. The molecule has 2 nitrogen and oxygen atoms in total. The van der Waals surface area contributed by atoms with E-state index in [9.17, 15) is 19.1 Å². The van der Waals surface area contributed by atoms with Crippen LogP contribution in [0.25, 0.3) is 0 Å². The molecule has 106 valence electrons. The van der Waals surface area contributed by atoms with E-state index in [4.69, 9.17) is 0 Å². The highest BCUT2D eigenvalue weighted by atomic mass is 19.1. The van der Waals surface area contributed by atoms with E-state index in [0.29, 0.717) is 12.8 Å². The summed E-state index contributed by atoms with van der Waals surface area (Å²) >= 11 is 0. The molecule has 3 rings (SSSR count). The zero-order valence-corrected chi connectivity index (χ0v) is 11.2. The molecule has 2 aromatic carbocycles. The van der Waals surface area contributed by atoms with Crippen LogP contribution in [0.5, 0.6) is 0 Å². The standard InChI is InChI=1S/C17H13F2NO/c18-13-5-6-15(19)14(7-13)16(21)17(10-20)8-11-3-1-2-4-12(11)9-17/h1-7,16,21H,8-9H2. The summed E-state index contributed by atoms with van der Waals surface area (Å²) in [6.45, 7) is 0. The quantitative estimate of drug-likeness (QED) is 0.920. The number of benzene rings is 2. The van der Waals surface area contributed by atoms with Crippen molar-refractivity contribution in [3.8, 4) is 6.07 Å². The normalized spacial score (nSPS) is 17.0. The van der Waals surface area contributed by atoms with Crippen LogP contribution in [-0.2, 0) is 12.8 Å². The average molecular weight is 285 g/mol. The van der Waals surface area contributed by atoms with Gasteiger partial charge in [-0.15, -0.1) is 0 Å². The van der Waals surface area contributed by atoms with Crippen molar-refractivity contribution in [1.29, 1.82) is 5.26 Å². The summed E-state index contributed by atoms with van der Waals surface area (Å²) < 4.78 is 27.2. The average Bonchev–Trinajstić information content (AvgIpc) is 2.89. The van der Waals surface area contributed by atoms with Crippen molar-refractivity contribution in [2.24, 2.45) is 5.41 Å². The Balaban J connectivity index is 2.02. The molecule has 0 fully saturated rings. The zero-order chi connectivity index (χ0) is 15.0. The molecule has 0 aromatic heterocycles. The van der Waals surface area contributed by atoms with E-state index in [1.165, 1.54) is 0 Å². The van der Waals surface area contributed by atoms with Crippen molar-refractivity contribution >= 4 is 0 Å². The first-order valence-electron chi connectivity index (χ1n) is 6.67. The lowest BCUT2D eigenvalue weighted by molar-refractivity contribution is 0.0658. The lowest BCUT2D eigenvalue weighted by atomic mass is 9.77. The van der Waals surface area contributed by atoms with E-state index in [2.05, 4.69) is 6.07 Å². The number of hydrogen-bond donors (Lipinski definition) is 1. The van der Waals surface area contributed by atoms with Crippen molar-refractivity contribution in [3.05, 3.63) is 70.8 Å². The summed E-state index contributed by atoms with van der Waals surface area (Å²) in [6.07, 6.45) is -0.710. The van der Waals surface area contributed by atoms with Gasteiger partial charge in [-0.2, -0.15) is 5.26 Å². The maximum Gasteiger partial charge on any atom is 0.129 e. The van der Waals surface area contributed by atoms with Crippen molar-refractivity contribution in [2.75, 3.05) is 0 Å². The van der Waals surface area contributed by atoms with Crippen LogP contribution in [0, 0.1) is 28.4 Å². The summed E-state index contributed by atoms with van der Waals surface area (Å²) in [4.78, 5) is 0. The van der Waals surface area contributed by atoms with Crippen LogP contribution in [-0.4, -0.2) is 5.11 Å². The second-order valence-corrected chi connectivity index (χ2v) is 5.46. The Kier molecular flexibility index (Phi) is 3.23. The van der Waals surface area contributed by atoms with Gasteiger partial charge in [-0.05, 0) is 42.2 Å². The molecule has 0 aliphatic heterocycles. The number of halogens is 2. The monoisotopic (exact) mass is 285 g/mol. The third-order valence-corrected chi connectivity index (χ3v) is 4.13. The first-order valence-corrected chi connectivity index (χ1v) is 6.67. The molecule has 0 saturated carbocycles. The van der Waals surface area contributed by atoms with Crippen molar-refractivity contribution in [2.45, 2.75) is 18.9 Å². The lowest BCUT2D eigenvalue weighted by Crippen LogP contribution is -2.29. The molecule has 0 saturated heterocycles. The van der Waals surface area contributed by atoms with E-state index >= 15 is 0 Å². The Labute approximate surface area is 121 Å². The van der Waals surface area contributed by atoms with Crippen LogP contribution in [0.15, 0.2) is 42.5 Å². The minimum Gasteiger partial charge on any atom is -0.387 e. The van der Waals surface area contributed by atoms with Crippen LogP contribution in [0.1, 0.15) is 22.8 Å². The molecule has 1 atom stereocenters. The molecule has 0 amide bonds. The SMILES string of the molecule is N#CC1(C(O)c2cc(F)ccc2F)Cc2ccccc2C1. The fourth-order valence-corrected chi connectivity index (χ4v) is 3.00. The van der Waals surface area contributed by atoms with Gasteiger partial charge in [0.15, 0.2) is 0 Å². The van der Waals surface area contributed by atoms with E-state index in [0.717, 1.165) is 29.3 Å². The number of aliphatic hydroxyl groups excluding tert-OH is 1. The first-order chi connectivity index (χ1) is 10.1. The Morgan fingerprint density at radius 3 is 2.29 bits per heavy atom. The molecule has 1 aliphatic carbocycles. The van der Waals surface area contributed by atoms with Gasteiger partial charge in [-0.1, -0.05) is 24.3 Å². The molecule has 1 N–H and O–H groups in total. The lowest BCUT2D eigenvalue weighted by Gasteiger charge is -2.27. The number of nitriles is 1. The van der Waals surface area contributed by atoms with Gasteiger partial charge in [0.05, 0.1) is 11.5 Å². The number of hydrogen-bond acceptors (Lipinski definition) is 2. The maximum atomic E-state index is 13.9. The van der Waals surface area contributed by atoms with Crippen molar-refractivity contribution in [1.82, 2.24) is 0 Å². The van der Waals surface area contributed by atoms with Crippen molar-refractivity contribution < 1.29 is 13.9 Å². The van der Waals surface area contributed by atoms with Crippen LogP contribution in [0.4, 0.5) is 8.78 Å². The largest absolute Gasteiger partial charge is 0.387 e. The van der Waals surface area contributed by atoms with Crippen LogP contribution < -0.4 is 0 Å². The molecule has 21 heavy (non-hydrogen) atoms. The van der Waals surface area contributed by atoms with Gasteiger partial charge in [-0.25, -0.2) is 8.78 Å². The Hall–Kier alpha value is -2.25. The summed E-state index contributed by atoms with van der Waals surface area (Å²) in [6, 6.07) is 12.6. The molecule has 4 heteroatoms. The molecule has 0 bridgehead atoms. The van der Waals surface area contributed by atoms with Gasteiger partial charge in [0.25, 0.3) is 0 Å². The summed E-state index contributed by atoms with van der Waals surface area (Å²) in [5.74, 6) is -1.33. The number of fused-ring (bicyclic) bond motifs is 1. The highest BCUT2D eigenvalue weighted by Crippen LogP contribution is 2.46. The zero-order valence-electron chi connectivity index (χ0n) is 11.2. The molecule has 0 heterocycles. The number of aliphatic hydroxyl groups is 1. The van der Waals surface area contributed by atoms with E-state index in [-0.39, 0.29) is 5.56 Å². The fraction of sp³-hybridized carbons (Fsp3) is 0.235. The first kappa shape index (κ1) is 13.7. The van der Waals surface area contributed by atoms with Gasteiger partial charge in [0.1, 0.15) is 17.7 Å². The molecular weight excluding hydrogens is 272 g/mol. The molecular formula is C17H13F2NO. The highest BCUT2D eigenvalue weighted by Gasteiger charge is 2.45. The molecule has 2 aromatic rings. The number of rotatable bonds is 2. The Morgan fingerprint density at radius 1 is 1.10 bits per heavy atom. The summed E-state index contributed by atoms with van der Waals surface area (Å²) in [5.41, 5.74) is 0.618. The van der Waals surface area contributed by atoms with Gasteiger partial charge in [0.2, 0.25) is 0 Å².